The van der Waals surface area contributed by atoms with Crippen molar-refractivity contribution < 1.29 is 13.5 Å². The van der Waals surface area contributed by atoms with Crippen molar-refractivity contribution in [1.29, 1.82) is 0 Å². The fraction of sp³-hybridized carbons (Fsp3) is 0.273. The molecular formula is C11H13N3O3S. The van der Waals surface area contributed by atoms with E-state index in [9.17, 15) is 13.5 Å². The van der Waals surface area contributed by atoms with Crippen LogP contribution in [0.15, 0.2) is 35.4 Å². The molecule has 6 nitrogen and oxygen atoms in total. The molecule has 0 saturated carbocycles. The van der Waals surface area contributed by atoms with Crippen LogP contribution in [0.3, 0.4) is 0 Å². The molecule has 0 aliphatic rings. The Kier molecular flexibility index (Phi) is 3.18. The lowest BCUT2D eigenvalue weighted by Gasteiger charge is -2.03. The summed E-state index contributed by atoms with van der Waals surface area (Å²) in [6.45, 7) is 3.37. The molecule has 2 rings (SSSR count). The summed E-state index contributed by atoms with van der Waals surface area (Å²) < 4.78 is 25.1. The zero-order valence-electron chi connectivity index (χ0n) is 9.98. The minimum absolute atomic E-state index is 0.134. The van der Waals surface area contributed by atoms with Crippen LogP contribution >= 0.6 is 0 Å². The van der Waals surface area contributed by atoms with E-state index in [1.807, 2.05) is 6.92 Å². The summed E-state index contributed by atoms with van der Waals surface area (Å²) in [6, 6.07) is 6.43. The molecular weight excluding hydrogens is 254 g/mol. The molecule has 2 aromatic rings. The Balaban J connectivity index is 2.44. The van der Waals surface area contributed by atoms with Crippen molar-refractivity contribution in [3.63, 3.8) is 0 Å². The van der Waals surface area contributed by atoms with Crippen LogP contribution in [0.2, 0.25) is 0 Å². The monoisotopic (exact) mass is 267 g/mol. The standard InChI is InChI=1S/C11H13N3O3S/c1-8-3-5-10(6-4-8)18(16,17)14-7-11(9(2)15)12-13-14/h3-7,9,15H,1-2H3. The Hall–Kier alpha value is -1.73. The van der Waals surface area contributed by atoms with Gasteiger partial charge in [-0.15, -0.1) is 9.19 Å². The number of aliphatic hydroxyl groups is 1. The first kappa shape index (κ1) is 12.7. The molecule has 1 N–H and O–H groups in total. The van der Waals surface area contributed by atoms with Crippen molar-refractivity contribution in [2.24, 2.45) is 0 Å². The number of benzene rings is 1. The molecule has 7 heteroatoms. The Bertz CT molecular complexity index is 644. The highest BCUT2D eigenvalue weighted by Gasteiger charge is 2.19. The van der Waals surface area contributed by atoms with Gasteiger partial charge in [0, 0.05) is 0 Å². The highest BCUT2D eigenvalue weighted by Crippen LogP contribution is 2.15. The Morgan fingerprint density at radius 3 is 2.39 bits per heavy atom. The van der Waals surface area contributed by atoms with Gasteiger partial charge in [0.15, 0.2) is 0 Å². The minimum Gasteiger partial charge on any atom is -0.387 e. The van der Waals surface area contributed by atoms with Gasteiger partial charge in [-0.3, -0.25) is 0 Å². The first-order valence-corrected chi connectivity index (χ1v) is 6.78. The second kappa shape index (κ2) is 4.51. The molecule has 1 atom stereocenters. The van der Waals surface area contributed by atoms with E-state index >= 15 is 0 Å². The summed E-state index contributed by atoms with van der Waals surface area (Å²) in [4.78, 5) is 0.134. The first-order valence-electron chi connectivity index (χ1n) is 5.34. The summed E-state index contributed by atoms with van der Waals surface area (Å²) >= 11 is 0. The lowest BCUT2D eigenvalue weighted by Crippen LogP contribution is -2.13. The number of aliphatic hydroxyl groups excluding tert-OH is 1. The Morgan fingerprint density at radius 2 is 1.89 bits per heavy atom. The molecule has 18 heavy (non-hydrogen) atoms. The first-order chi connectivity index (χ1) is 8.41. The molecule has 0 saturated heterocycles. The van der Waals surface area contributed by atoms with E-state index in [2.05, 4.69) is 10.3 Å². The topological polar surface area (TPSA) is 85.1 Å². The zero-order chi connectivity index (χ0) is 13.3. The van der Waals surface area contributed by atoms with Gasteiger partial charge in [-0.25, -0.2) is 0 Å². The third kappa shape index (κ3) is 2.27. The van der Waals surface area contributed by atoms with Crippen LogP contribution in [0.25, 0.3) is 0 Å². The smallest absolute Gasteiger partial charge is 0.284 e. The number of aryl methyl sites for hydroxylation is 1. The zero-order valence-corrected chi connectivity index (χ0v) is 10.8. The second-order valence-corrected chi connectivity index (χ2v) is 5.81. The number of hydrogen-bond acceptors (Lipinski definition) is 5. The third-order valence-electron chi connectivity index (χ3n) is 2.48. The van der Waals surface area contributed by atoms with Gasteiger partial charge in [-0.05, 0) is 26.0 Å². The molecule has 0 bridgehead atoms. The minimum atomic E-state index is -3.74. The predicted molar refractivity (Wildman–Crippen MR) is 64.4 cm³/mol. The summed E-state index contributed by atoms with van der Waals surface area (Å²) in [6.07, 6.45) is 0.354. The van der Waals surface area contributed by atoms with E-state index in [0.29, 0.717) is 0 Å². The van der Waals surface area contributed by atoms with Crippen molar-refractivity contribution in [2.45, 2.75) is 24.8 Å². The maximum atomic E-state index is 12.2. The van der Waals surface area contributed by atoms with Crippen LogP contribution in [0.1, 0.15) is 24.3 Å². The van der Waals surface area contributed by atoms with E-state index in [4.69, 9.17) is 0 Å². The average molecular weight is 267 g/mol. The predicted octanol–water partition coefficient (Wildman–Crippen LogP) is 0.877. The van der Waals surface area contributed by atoms with Gasteiger partial charge in [0.2, 0.25) is 0 Å². The fourth-order valence-corrected chi connectivity index (χ4v) is 2.46. The molecule has 0 aliphatic carbocycles. The van der Waals surface area contributed by atoms with E-state index < -0.39 is 16.1 Å². The van der Waals surface area contributed by atoms with Crippen LogP contribution in [0.4, 0.5) is 0 Å². The highest BCUT2D eigenvalue weighted by atomic mass is 32.2. The van der Waals surface area contributed by atoms with E-state index in [1.165, 1.54) is 25.3 Å². The summed E-state index contributed by atoms with van der Waals surface area (Å²) in [5, 5.41) is 16.4. The van der Waals surface area contributed by atoms with Gasteiger partial charge in [-0.2, -0.15) is 8.42 Å². The molecule has 1 heterocycles. The summed E-state index contributed by atoms with van der Waals surface area (Å²) in [7, 11) is -3.74. The van der Waals surface area contributed by atoms with Crippen LogP contribution < -0.4 is 0 Å². The molecule has 1 aromatic heterocycles. The van der Waals surface area contributed by atoms with Gasteiger partial charge < -0.3 is 5.11 Å². The number of aromatic nitrogens is 3. The molecule has 0 spiro atoms. The SMILES string of the molecule is Cc1ccc(S(=O)(=O)n2cc(C(C)O)nn2)cc1. The van der Waals surface area contributed by atoms with Crippen LogP contribution in [-0.2, 0) is 10.0 Å². The van der Waals surface area contributed by atoms with E-state index in [1.54, 1.807) is 12.1 Å². The van der Waals surface area contributed by atoms with Gasteiger partial charge >= 0.3 is 0 Å². The molecule has 1 unspecified atom stereocenters. The maximum Gasteiger partial charge on any atom is 0.284 e. The second-order valence-electron chi connectivity index (χ2n) is 4.01. The van der Waals surface area contributed by atoms with E-state index in [-0.39, 0.29) is 10.6 Å². The van der Waals surface area contributed by atoms with Crippen LogP contribution in [0, 0.1) is 6.92 Å². The summed E-state index contributed by atoms with van der Waals surface area (Å²) in [5.74, 6) is 0. The average Bonchev–Trinajstić information content (AvgIpc) is 2.79. The number of hydrogen-bond donors (Lipinski definition) is 1. The van der Waals surface area contributed by atoms with Crippen LogP contribution in [0.5, 0.6) is 0 Å². The molecule has 96 valence electrons. The van der Waals surface area contributed by atoms with Crippen molar-refractivity contribution in [2.75, 3.05) is 0 Å². The molecule has 0 amide bonds. The molecule has 0 radical (unpaired) electrons. The van der Waals surface area contributed by atoms with Gasteiger partial charge in [0.05, 0.1) is 17.2 Å². The molecule has 0 fully saturated rings. The lowest BCUT2D eigenvalue weighted by atomic mass is 10.2. The maximum absolute atomic E-state index is 12.2. The molecule has 0 aliphatic heterocycles. The van der Waals surface area contributed by atoms with Crippen molar-refractivity contribution in [3.8, 4) is 0 Å². The third-order valence-corrected chi connectivity index (χ3v) is 4.02. The van der Waals surface area contributed by atoms with Crippen molar-refractivity contribution in [1.82, 2.24) is 14.4 Å². The van der Waals surface area contributed by atoms with Gasteiger partial charge in [0.25, 0.3) is 10.0 Å². The lowest BCUT2D eigenvalue weighted by molar-refractivity contribution is 0.194. The van der Waals surface area contributed by atoms with Gasteiger partial charge in [0.1, 0.15) is 5.69 Å². The number of rotatable bonds is 3. The highest BCUT2D eigenvalue weighted by molar-refractivity contribution is 7.89. The largest absolute Gasteiger partial charge is 0.387 e. The van der Waals surface area contributed by atoms with Crippen molar-refractivity contribution in [3.05, 3.63) is 41.7 Å². The van der Waals surface area contributed by atoms with Crippen molar-refractivity contribution >= 4 is 10.0 Å². The van der Waals surface area contributed by atoms with Crippen LogP contribution in [-0.4, -0.2) is 27.9 Å². The summed E-state index contributed by atoms with van der Waals surface area (Å²) in [5.41, 5.74) is 1.18. The van der Waals surface area contributed by atoms with E-state index in [0.717, 1.165) is 9.65 Å². The fourth-order valence-electron chi connectivity index (χ4n) is 1.39. The quantitative estimate of drug-likeness (QED) is 0.892. The normalized spacial score (nSPS) is 13.5. The Labute approximate surface area is 105 Å². The Morgan fingerprint density at radius 1 is 1.28 bits per heavy atom. The van der Waals surface area contributed by atoms with Gasteiger partial charge in [-0.1, -0.05) is 22.9 Å². The molecule has 1 aromatic carbocycles. The number of nitrogens with zero attached hydrogens (tertiary/aromatic N) is 3.